The lowest BCUT2D eigenvalue weighted by Crippen LogP contribution is -2.32. The smallest absolute Gasteiger partial charge is 0.351 e. The Morgan fingerprint density at radius 2 is 1.50 bits per heavy atom. The molecule has 0 spiro atoms. The molecule has 0 aliphatic carbocycles. The molecule has 1 aliphatic rings. The molecule has 1 aliphatic heterocycles. The molecule has 54 heavy (non-hydrogen) atoms. The quantitative estimate of drug-likeness (QED) is 0.0461. The maximum Gasteiger partial charge on any atom is 0.351 e. The molecule has 0 bridgehead atoms. The average Bonchev–Trinajstić information content (AvgIpc) is 3.82. The van der Waals surface area contributed by atoms with Crippen LogP contribution in [-0.2, 0) is 19.2 Å². The Kier molecular flexibility index (Phi) is 14.0. The number of imidazole rings is 1. The number of hydrogen-bond donors (Lipinski definition) is 4. The van der Waals surface area contributed by atoms with Crippen LogP contribution in [0.2, 0.25) is 0 Å². The number of amides is 1. The molecule has 5 rings (SSSR count). The molecule has 0 saturated heterocycles. The van der Waals surface area contributed by atoms with Gasteiger partial charge in [0.05, 0.1) is 22.7 Å². The van der Waals surface area contributed by atoms with Crippen LogP contribution in [0, 0.1) is 0 Å². The molecule has 0 fully saturated rings. The molecule has 3 heterocycles. The Morgan fingerprint density at radius 3 is 2.15 bits per heavy atom. The third kappa shape index (κ3) is 11.5. The highest BCUT2D eigenvalue weighted by Crippen LogP contribution is 2.33. The number of oxime groups is 1. The Balaban J connectivity index is 1.23. The van der Waals surface area contributed by atoms with Crippen molar-refractivity contribution in [1.29, 1.82) is 0 Å². The van der Waals surface area contributed by atoms with E-state index in [9.17, 15) is 19.2 Å². The predicted molar refractivity (Wildman–Crippen MR) is 212 cm³/mol. The van der Waals surface area contributed by atoms with Gasteiger partial charge in [-0.25, -0.2) is 14.6 Å². The summed E-state index contributed by atoms with van der Waals surface area (Å²) in [6.07, 6.45) is 16.6. The Morgan fingerprint density at radius 1 is 0.870 bits per heavy atom. The lowest BCUT2D eigenvalue weighted by Gasteiger charge is -2.20. The van der Waals surface area contributed by atoms with E-state index in [2.05, 4.69) is 32.3 Å². The standard InChI is InChI=1S/C42H52N6O6/c1-5-6-7-8-9-10-11-12-13-14-25-43-35(49)24-17-28-15-18-30(19-16-28)36-37(46-38(45-36)32-27-44-41(52)47-39(32)50)31-22-20-29(21-23-31)33-26-34(54-48-33)40(51)53-42(2,3)4/h15-24,27,34H,5-14,25-26H2,1-4H3,(H,43,49)(H,45,46)(H2,44,47,50,52)/b24-17+. The fourth-order valence-corrected chi connectivity index (χ4v) is 6.18. The van der Waals surface area contributed by atoms with Gasteiger partial charge in [-0.2, -0.15) is 0 Å². The van der Waals surface area contributed by atoms with Crippen molar-refractivity contribution in [1.82, 2.24) is 25.3 Å². The number of nitrogens with zero attached hydrogens (tertiary/aromatic N) is 2. The highest BCUT2D eigenvalue weighted by atomic mass is 16.7. The maximum absolute atomic E-state index is 12.7. The summed E-state index contributed by atoms with van der Waals surface area (Å²) >= 11 is 0. The number of esters is 1. The number of benzene rings is 2. The Labute approximate surface area is 315 Å². The number of carbonyl (C=O) groups is 2. The first-order valence-corrected chi connectivity index (χ1v) is 19.1. The zero-order chi connectivity index (χ0) is 38.5. The van der Waals surface area contributed by atoms with Crippen LogP contribution in [-0.4, -0.2) is 55.8 Å². The second-order valence-electron chi connectivity index (χ2n) is 14.7. The third-order valence-corrected chi connectivity index (χ3v) is 9.06. The van der Waals surface area contributed by atoms with E-state index in [1.54, 1.807) is 32.9 Å². The predicted octanol–water partition coefficient (Wildman–Crippen LogP) is 7.67. The van der Waals surface area contributed by atoms with Crippen molar-refractivity contribution in [3.63, 3.8) is 0 Å². The number of rotatable bonds is 18. The minimum absolute atomic E-state index is 0.124. The van der Waals surface area contributed by atoms with Crippen LogP contribution in [0.25, 0.3) is 40.0 Å². The molecular formula is C42H52N6O6. The second kappa shape index (κ2) is 19.0. The van der Waals surface area contributed by atoms with Gasteiger partial charge in [-0.15, -0.1) is 0 Å². The van der Waals surface area contributed by atoms with Gasteiger partial charge in [0, 0.05) is 36.4 Å². The van der Waals surface area contributed by atoms with Crippen LogP contribution in [0.15, 0.2) is 75.5 Å². The molecule has 286 valence electrons. The SMILES string of the molecule is CCCCCCCCCCCCNC(=O)/C=C/c1ccc(-c2[nH]c(-c3c[nH]c(=O)[nH]c3=O)nc2-c2ccc(C3=NOC(C(=O)OC(C)(C)C)C3)cc2)cc1. The summed E-state index contributed by atoms with van der Waals surface area (Å²) in [6.45, 7) is 8.31. The van der Waals surface area contributed by atoms with Crippen LogP contribution < -0.4 is 16.6 Å². The number of hydrogen-bond acceptors (Lipinski definition) is 8. The van der Waals surface area contributed by atoms with Gasteiger partial charge in [-0.3, -0.25) is 14.6 Å². The molecular weight excluding hydrogens is 684 g/mol. The molecule has 1 unspecified atom stereocenters. The first kappa shape index (κ1) is 39.7. The number of unbranched alkanes of at least 4 members (excludes halogenated alkanes) is 9. The molecule has 4 N–H and O–H groups in total. The third-order valence-electron chi connectivity index (χ3n) is 9.06. The van der Waals surface area contributed by atoms with Gasteiger partial charge in [-0.1, -0.05) is 118 Å². The Hall–Kier alpha value is -5.52. The van der Waals surface area contributed by atoms with Crippen molar-refractivity contribution in [2.24, 2.45) is 5.16 Å². The molecule has 4 aromatic rings. The van der Waals surface area contributed by atoms with Crippen LogP contribution in [0.5, 0.6) is 0 Å². The van der Waals surface area contributed by atoms with Crippen molar-refractivity contribution in [2.75, 3.05) is 6.54 Å². The molecule has 1 amide bonds. The topological polar surface area (TPSA) is 171 Å². The zero-order valence-corrected chi connectivity index (χ0v) is 31.8. The first-order chi connectivity index (χ1) is 26.0. The summed E-state index contributed by atoms with van der Waals surface area (Å²) in [5, 5.41) is 7.12. The van der Waals surface area contributed by atoms with Crippen molar-refractivity contribution in [2.45, 2.75) is 110 Å². The summed E-state index contributed by atoms with van der Waals surface area (Å²) in [5.41, 5.74) is 3.37. The number of ether oxygens (including phenoxy) is 1. The largest absolute Gasteiger partial charge is 0.457 e. The Bertz CT molecular complexity index is 2030. The maximum atomic E-state index is 12.7. The van der Waals surface area contributed by atoms with E-state index in [0.717, 1.165) is 35.1 Å². The van der Waals surface area contributed by atoms with Gasteiger partial charge in [0.2, 0.25) is 12.0 Å². The fourth-order valence-electron chi connectivity index (χ4n) is 6.18. The zero-order valence-electron chi connectivity index (χ0n) is 31.8. The normalized spacial score (nSPS) is 14.2. The number of H-pyrrole nitrogens is 3. The van der Waals surface area contributed by atoms with Crippen LogP contribution >= 0.6 is 0 Å². The van der Waals surface area contributed by atoms with Gasteiger partial charge in [0.25, 0.3) is 5.56 Å². The summed E-state index contributed by atoms with van der Waals surface area (Å²) in [7, 11) is 0. The van der Waals surface area contributed by atoms with Gasteiger partial charge >= 0.3 is 11.7 Å². The van der Waals surface area contributed by atoms with E-state index in [1.807, 2.05) is 48.5 Å². The van der Waals surface area contributed by atoms with Crippen molar-refractivity contribution in [3.8, 4) is 33.9 Å². The lowest BCUT2D eigenvalue weighted by molar-refractivity contribution is -0.166. The van der Waals surface area contributed by atoms with Gasteiger partial charge in [0.15, 0.2) is 0 Å². The molecule has 2 aromatic carbocycles. The highest BCUT2D eigenvalue weighted by molar-refractivity contribution is 6.04. The van der Waals surface area contributed by atoms with E-state index in [1.165, 1.54) is 57.6 Å². The van der Waals surface area contributed by atoms with Gasteiger partial charge in [0.1, 0.15) is 11.4 Å². The molecule has 12 heteroatoms. The van der Waals surface area contributed by atoms with Crippen LogP contribution in [0.1, 0.15) is 109 Å². The number of nitrogens with one attached hydrogen (secondary N) is 4. The number of aromatic nitrogens is 4. The second-order valence-corrected chi connectivity index (χ2v) is 14.7. The van der Waals surface area contributed by atoms with E-state index in [-0.39, 0.29) is 23.7 Å². The van der Waals surface area contributed by atoms with E-state index >= 15 is 0 Å². The van der Waals surface area contributed by atoms with Gasteiger partial charge < -0.3 is 24.9 Å². The fraction of sp³-hybridized carbons (Fsp3) is 0.429. The monoisotopic (exact) mass is 736 g/mol. The lowest BCUT2D eigenvalue weighted by atomic mass is 10.00. The molecule has 0 saturated carbocycles. The summed E-state index contributed by atoms with van der Waals surface area (Å²) in [4.78, 5) is 67.6. The first-order valence-electron chi connectivity index (χ1n) is 19.1. The minimum atomic E-state index is -0.809. The summed E-state index contributed by atoms with van der Waals surface area (Å²) in [5.74, 6) is -0.313. The highest BCUT2D eigenvalue weighted by Gasteiger charge is 2.33. The molecule has 1 atom stereocenters. The summed E-state index contributed by atoms with van der Waals surface area (Å²) < 4.78 is 5.45. The average molecular weight is 737 g/mol. The minimum Gasteiger partial charge on any atom is -0.457 e. The van der Waals surface area contributed by atoms with Crippen molar-refractivity contribution < 1.29 is 19.2 Å². The van der Waals surface area contributed by atoms with Crippen molar-refractivity contribution in [3.05, 3.63) is 92.8 Å². The van der Waals surface area contributed by atoms with E-state index in [0.29, 0.717) is 23.6 Å². The van der Waals surface area contributed by atoms with Crippen molar-refractivity contribution >= 4 is 23.7 Å². The van der Waals surface area contributed by atoms with Crippen LogP contribution in [0.3, 0.4) is 0 Å². The molecule has 2 aromatic heterocycles. The summed E-state index contributed by atoms with van der Waals surface area (Å²) in [6, 6.07) is 15.1. The van der Waals surface area contributed by atoms with Gasteiger partial charge in [-0.05, 0) is 44.4 Å². The number of carbonyl (C=O) groups excluding carboxylic acids is 2. The van der Waals surface area contributed by atoms with Crippen LogP contribution in [0.4, 0.5) is 0 Å². The molecule has 0 radical (unpaired) electrons. The van der Waals surface area contributed by atoms with E-state index in [4.69, 9.17) is 14.6 Å². The van der Waals surface area contributed by atoms with E-state index < -0.39 is 28.9 Å². The molecule has 12 nitrogen and oxygen atoms in total. The number of aromatic amines is 3.